The molecule has 0 heterocycles. The monoisotopic (exact) mass is 280 g/mol. The van der Waals surface area contributed by atoms with Gasteiger partial charge < -0.3 is 15.4 Å². The summed E-state index contributed by atoms with van der Waals surface area (Å²) in [6.07, 6.45) is 2.64. The van der Waals surface area contributed by atoms with Crippen LogP contribution in [0.1, 0.15) is 19.3 Å². The minimum Gasteiger partial charge on any atom is -0.489 e. The van der Waals surface area contributed by atoms with Gasteiger partial charge in [0.05, 0.1) is 6.54 Å². The van der Waals surface area contributed by atoms with Crippen molar-refractivity contribution in [3.63, 3.8) is 0 Å². The van der Waals surface area contributed by atoms with E-state index in [1.54, 1.807) is 30.1 Å². The second-order valence-electron chi connectivity index (χ2n) is 5.30. The fourth-order valence-corrected chi connectivity index (χ4v) is 2.03. The maximum absolute atomic E-state index is 13.3. The Hall–Kier alpha value is -1.62. The fourth-order valence-electron chi connectivity index (χ4n) is 2.03. The van der Waals surface area contributed by atoms with Gasteiger partial charge in [-0.1, -0.05) is 12.1 Å². The predicted octanol–water partition coefficient (Wildman–Crippen LogP) is 1.79. The molecule has 4 nitrogen and oxygen atoms in total. The molecule has 0 radical (unpaired) electrons. The molecule has 0 spiro atoms. The molecule has 1 amide bonds. The third-order valence-corrected chi connectivity index (χ3v) is 3.58. The second kappa shape index (κ2) is 6.70. The number of amides is 1. The molecule has 5 heteroatoms. The van der Waals surface area contributed by atoms with Crippen molar-refractivity contribution in [2.24, 2.45) is 11.7 Å². The van der Waals surface area contributed by atoms with Crippen LogP contribution in [-0.2, 0) is 4.79 Å². The Labute approximate surface area is 118 Å². The Bertz CT molecular complexity index is 463. The molecule has 1 aliphatic rings. The van der Waals surface area contributed by atoms with Crippen molar-refractivity contribution in [2.45, 2.75) is 25.3 Å². The average molecular weight is 280 g/mol. The highest BCUT2D eigenvalue weighted by molar-refractivity contribution is 5.76. The van der Waals surface area contributed by atoms with E-state index in [0.29, 0.717) is 18.9 Å². The molecule has 1 unspecified atom stereocenters. The Morgan fingerprint density at radius 2 is 2.20 bits per heavy atom. The molecule has 1 fully saturated rings. The van der Waals surface area contributed by atoms with Crippen LogP contribution in [0.5, 0.6) is 5.75 Å². The maximum atomic E-state index is 13.3. The topological polar surface area (TPSA) is 55.6 Å². The van der Waals surface area contributed by atoms with Crippen LogP contribution in [0.4, 0.5) is 4.39 Å². The summed E-state index contributed by atoms with van der Waals surface area (Å²) in [4.78, 5) is 13.5. The lowest BCUT2D eigenvalue weighted by Crippen LogP contribution is -2.36. The zero-order valence-corrected chi connectivity index (χ0v) is 11.7. The Balaban J connectivity index is 1.70. The van der Waals surface area contributed by atoms with Crippen molar-refractivity contribution in [2.75, 3.05) is 20.2 Å². The summed E-state index contributed by atoms with van der Waals surface area (Å²) in [6, 6.07) is 6.20. The fraction of sp³-hybridized carbons (Fsp3) is 0.533. The van der Waals surface area contributed by atoms with E-state index in [4.69, 9.17) is 10.5 Å². The van der Waals surface area contributed by atoms with Gasteiger partial charge in [0.15, 0.2) is 11.6 Å². The van der Waals surface area contributed by atoms with Crippen molar-refractivity contribution >= 4 is 5.91 Å². The van der Waals surface area contributed by atoms with E-state index in [-0.39, 0.29) is 24.3 Å². The van der Waals surface area contributed by atoms with E-state index >= 15 is 0 Å². The number of likely N-dealkylation sites (N-methyl/N-ethyl adjacent to an activating group) is 1. The number of benzene rings is 1. The van der Waals surface area contributed by atoms with Crippen LogP contribution in [0.3, 0.4) is 0 Å². The number of ether oxygens (including phenoxy) is 1. The van der Waals surface area contributed by atoms with E-state index in [0.717, 1.165) is 12.8 Å². The summed E-state index contributed by atoms with van der Waals surface area (Å²) in [5, 5.41) is 0. The van der Waals surface area contributed by atoms with Crippen LogP contribution in [0.25, 0.3) is 0 Å². The van der Waals surface area contributed by atoms with Crippen LogP contribution < -0.4 is 10.5 Å². The van der Waals surface area contributed by atoms with Gasteiger partial charge in [-0.3, -0.25) is 4.79 Å². The summed E-state index contributed by atoms with van der Waals surface area (Å²) >= 11 is 0. The number of halogens is 1. The third kappa shape index (κ3) is 4.20. The van der Waals surface area contributed by atoms with Gasteiger partial charge in [-0.2, -0.15) is 0 Å². The summed E-state index contributed by atoms with van der Waals surface area (Å²) in [5.74, 6) is 0.351. The zero-order valence-electron chi connectivity index (χ0n) is 11.7. The lowest BCUT2D eigenvalue weighted by Gasteiger charge is -2.19. The van der Waals surface area contributed by atoms with Gasteiger partial charge in [-0.15, -0.1) is 0 Å². The standard InChI is InChI=1S/C15H21FN2O2/c1-18(15(19)10-13(17)11-6-7-11)8-9-20-14-5-3-2-4-12(14)16/h2-5,11,13H,6-10,17H2,1H3. The summed E-state index contributed by atoms with van der Waals surface area (Å²) in [5.41, 5.74) is 5.93. The molecule has 1 aromatic carbocycles. The summed E-state index contributed by atoms with van der Waals surface area (Å²) in [7, 11) is 1.71. The first-order chi connectivity index (χ1) is 9.58. The van der Waals surface area contributed by atoms with Gasteiger partial charge in [0.25, 0.3) is 0 Å². The van der Waals surface area contributed by atoms with Crippen molar-refractivity contribution < 1.29 is 13.9 Å². The first kappa shape index (κ1) is 14.8. The molecule has 110 valence electrons. The molecule has 0 saturated heterocycles. The largest absolute Gasteiger partial charge is 0.489 e. The number of carbonyl (C=O) groups excluding carboxylic acids is 1. The highest BCUT2D eigenvalue weighted by Gasteiger charge is 2.30. The van der Waals surface area contributed by atoms with E-state index in [1.165, 1.54) is 6.07 Å². The molecule has 20 heavy (non-hydrogen) atoms. The lowest BCUT2D eigenvalue weighted by atomic mass is 10.1. The normalized spacial score (nSPS) is 15.8. The van der Waals surface area contributed by atoms with Crippen LogP contribution in [0, 0.1) is 11.7 Å². The van der Waals surface area contributed by atoms with Crippen LogP contribution in [0.15, 0.2) is 24.3 Å². The predicted molar refractivity (Wildman–Crippen MR) is 74.8 cm³/mol. The SMILES string of the molecule is CN(CCOc1ccccc1F)C(=O)CC(N)C1CC1. The van der Waals surface area contributed by atoms with Gasteiger partial charge in [0.1, 0.15) is 6.61 Å². The van der Waals surface area contributed by atoms with Crippen LogP contribution >= 0.6 is 0 Å². The number of hydrogen-bond donors (Lipinski definition) is 1. The molecule has 2 N–H and O–H groups in total. The minimum atomic E-state index is -0.391. The third-order valence-electron chi connectivity index (χ3n) is 3.58. The molecular formula is C15H21FN2O2. The minimum absolute atomic E-state index is 0.0153. The molecule has 0 aliphatic heterocycles. The van der Waals surface area contributed by atoms with Crippen LogP contribution in [0.2, 0.25) is 0 Å². The van der Waals surface area contributed by atoms with Gasteiger partial charge in [-0.25, -0.2) is 4.39 Å². The Kier molecular flexibility index (Phi) is 4.95. The van der Waals surface area contributed by atoms with Gasteiger partial charge >= 0.3 is 0 Å². The Morgan fingerprint density at radius 1 is 1.50 bits per heavy atom. The average Bonchev–Trinajstić information content (AvgIpc) is 3.25. The van der Waals surface area contributed by atoms with E-state index in [2.05, 4.69) is 0 Å². The smallest absolute Gasteiger partial charge is 0.223 e. The molecule has 0 bridgehead atoms. The zero-order chi connectivity index (χ0) is 14.5. The molecule has 1 aromatic rings. The maximum Gasteiger partial charge on any atom is 0.223 e. The van der Waals surface area contributed by atoms with Crippen molar-refractivity contribution in [1.82, 2.24) is 4.90 Å². The first-order valence-corrected chi connectivity index (χ1v) is 6.95. The van der Waals surface area contributed by atoms with Gasteiger partial charge in [0, 0.05) is 19.5 Å². The lowest BCUT2D eigenvalue weighted by molar-refractivity contribution is -0.130. The molecule has 1 atom stereocenters. The van der Waals surface area contributed by atoms with E-state index in [9.17, 15) is 9.18 Å². The highest BCUT2D eigenvalue weighted by Crippen LogP contribution is 2.32. The van der Waals surface area contributed by atoms with Gasteiger partial charge in [0.2, 0.25) is 5.91 Å². The number of nitrogens with zero attached hydrogens (tertiary/aromatic N) is 1. The molecule has 2 rings (SSSR count). The van der Waals surface area contributed by atoms with E-state index in [1.807, 2.05) is 0 Å². The molecule has 1 aliphatic carbocycles. The second-order valence-corrected chi connectivity index (χ2v) is 5.30. The Morgan fingerprint density at radius 3 is 2.85 bits per heavy atom. The van der Waals surface area contributed by atoms with E-state index < -0.39 is 5.82 Å². The number of para-hydroxylation sites is 1. The number of carbonyl (C=O) groups is 1. The number of rotatable bonds is 7. The molecular weight excluding hydrogens is 259 g/mol. The van der Waals surface area contributed by atoms with Gasteiger partial charge in [-0.05, 0) is 30.9 Å². The number of hydrogen-bond acceptors (Lipinski definition) is 3. The van der Waals surface area contributed by atoms with Crippen molar-refractivity contribution in [3.8, 4) is 5.75 Å². The van der Waals surface area contributed by atoms with Crippen molar-refractivity contribution in [3.05, 3.63) is 30.1 Å². The summed E-state index contributed by atoms with van der Waals surface area (Å²) < 4.78 is 18.6. The molecule has 0 aromatic heterocycles. The molecule has 1 saturated carbocycles. The van der Waals surface area contributed by atoms with Crippen molar-refractivity contribution in [1.29, 1.82) is 0 Å². The quantitative estimate of drug-likeness (QED) is 0.828. The highest BCUT2D eigenvalue weighted by atomic mass is 19.1. The first-order valence-electron chi connectivity index (χ1n) is 6.95. The van der Waals surface area contributed by atoms with Crippen LogP contribution in [-0.4, -0.2) is 37.0 Å². The summed E-state index contributed by atoms with van der Waals surface area (Å²) in [6.45, 7) is 0.687. The number of nitrogens with two attached hydrogens (primary N) is 1.